The Labute approximate surface area is 250 Å². The van der Waals surface area contributed by atoms with Crippen molar-refractivity contribution < 1.29 is 24.2 Å². The fraction of sp³-hybridized carbons (Fsp3) is 0.618. The predicted molar refractivity (Wildman–Crippen MR) is 161 cm³/mol. The van der Waals surface area contributed by atoms with Gasteiger partial charge in [-0.1, -0.05) is 82.3 Å². The molecule has 2 saturated heterocycles. The van der Waals surface area contributed by atoms with Crippen molar-refractivity contribution in [2.45, 2.75) is 90.1 Å². The molecule has 5 rings (SSSR count). The summed E-state index contributed by atoms with van der Waals surface area (Å²) in [6, 6.07) is 8.05. The fourth-order valence-corrected chi connectivity index (χ4v) is 8.07. The van der Waals surface area contributed by atoms with Gasteiger partial charge in [-0.15, -0.1) is 0 Å². The molecule has 0 aromatic heterocycles. The lowest BCUT2D eigenvalue weighted by Crippen LogP contribution is -2.62. The van der Waals surface area contributed by atoms with Gasteiger partial charge in [-0.2, -0.15) is 0 Å². The van der Waals surface area contributed by atoms with E-state index < -0.39 is 41.2 Å². The first-order valence-corrected chi connectivity index (χ1v) is 15.4. The van der Waals surface area contributed by atoms with E-state index in [2.05, 4.69) is 34.6 Å². The zero-order valence-electron chi connectivity index (χ0n) is 26.0. The Bertz CT molecular complexity index is 1250. The van der Waals surface area contributed by atoms with E-state index in [1.54, 1.807) is 9.80 Å². The SMILES string of the molecule is CCCN1CC=C[C@@H]2O[C@]34C=CCN(C(C)(C)CC(C)(C)C)C(=O)C3N([C@@H](CO)Cc3ccccc3)C(=O)[C@@H]4[C@@H]2C1=O. The molecule has 4 heterocycles. The number of aliphatic hydroxyl groups excluding tert-OH is 1. The first-order valence-electron chi connectivity index (χ1n) is 15.4. The third kappa shape index (κ3) is 5.21. The standard InChI is InChI=1S/C34H47N3O5/c1-7-17-35-18-11-15-25-26(29(35)39)27-30(40)37(24(21-38)20-23-13-9-8-10-14-23)28-31(41)36(19-12-16-34(27,28)42-25)33(5,6)22-32(2,3)4/h8-16,24-28,38H,7,17-22H2,1-6H3/t24-,25+,26-,27+,28?,34+/m1/s1. The number of aliphatic hydroxyl groups is 1. The highest BCUT2D eigenvalue weighted by Crippen LogP contribution is 2.54. The minimum atomic E-state index is -1.31. The largest absolute Gasteiger partial charge is 0.394 e. The summed E-state index contributed by atoms with van der Waals surface area (Å²) in [7, 11) is 0. The number of likely N-dealkylation sites (tertiary alicyclic amines) is 1. The Morgan fingerprint density at radius 3 is 2.36 bits per heavy atom. The highest BCUT2D eigenvalue weighted by atomic mass is 16.5. The first kappa shape index (κ1) is 30.5. The van der Waals surface area contributed by atoms with Gasteiger partial charge in [0.1, 0.15) is 11.6 Å². The van der Waals surface area contributed by atoms with Gasteiger partial charge in [0.05, 0.1) is 30.6 Å². The molecule has 1 unspecified atom stereocenters. The molecule has 1 N–H and O–H groups in total. The highest BCUT2D eigenvalue weighted by Gasteiger charge is 2.72. The Balaban J connectivity index is 1.62. The van der Waals surface area contributed by atoms with Crippen LogP contribution in [-0.4, -0.2) is 93.1 Å². The highest BCUT2D eigenvalue weighted by molar-refractivity contribution is 6.00. The Morgan fingerprint density at radius 2 is 1.71 bits per heavy atom. The van der Waals surface area contributed by atoms with Gasteiger partial charge in [-0.25, -0.2) is 0 Å². The van der Waals surface area contributed by atoms with Gasteiger partial charge in [-0.3, -0.25) is 14.4 Å². The maximum atomic E-state index is 14.9. The quantitative estimate of drug-likeness (QED) is 0.477. The van der Waals surface area contributed by atoms with Gasteiger partial charge in [-0.05, 0) is 44.1 Å². The number of rotatable bonds is 8. The lowest BCUT2D eigenvalue weighted by Gasteiger charge is -2.45. The molecule has 1 spiro atoms. The molecule has 0 aliphatic carbocycles. The molecule has 0 saturated carbocycles. The number of nitrogens with zero attached hydrogens (tertiary/aromatic N) is 3. The second kappa shape index (κ2) is 11.3. The van der Waals surface area contributed by atoms with Gasteiger partial charge in [0.15, 0.2) is 0 Å². The van der Waals surface area contributed by atoms with Crippen LogP contribution in [-0.2, 0) is 25.5 Å². The molecule has 8 nitrogen and oxygen atoms in total. The van der Waals surface area contributed by atoms with Crippen molar-refractivity contribution in [2.75, 3.05) is 26.2 Å². The normalized spacial score (nSPS) is 30.3. The number of ether oxygens (including phenoxy) is 1. The van der Waals surface area contributed by atoms with E-state index in [1.807, 2.05) is 66.5 Å². The number of carbonyl (C=O) groups excluding carboxylic acids is 3. The summed E-state index contributed by atoms with van der Waals surface area (Å²) < 4.78 is 6.80. The molecule has 0 bridgehead atoms. The molecule has 2 fully saturated rings. The van der Waals surface area contributed by atoms with E-state index in [9.17, 15) is 19.5 Å². The summed E-state index contributed by atoms with van der Waals surface area (Å²) >= 11 is 0. The molecule has 1 aromatic rings. The molecule has 0 radical (unpaired) electrons. The van der Waals surface area contributed by atoms with Crippen LogP contribution in [0.4, 0.5) is 0 Å². The van der Waals surface area contributed by atoms with Crippen LogP contribution in [0.25, 0.3) is 0 Å². The summed E-state index contributed by atoms with van der Waals surface area (Å²) in [4.78, 5) is 48.8. The molecule has 6 atom stereocenters. The number of carbonyl (C=O) groups is 3. The molecule has 42 heavy (non-hydrogen) atoms. The van der Waals surface area contributed by atoms with Crippen molar-refractivity contribution in [1.82, 2.24) is 14.7 Å². The van der Waals surface area contributed by atoms with Gasteiger partial charge >= 0.3 is 0 Å². The van der Waals surface area contributed by atoms with E-state index in [1.165, 1.54) is 0 Å². The topological polar surface area (TPSA) is 90.4 Å². The second-order valence-electron chi connectivity index (χ2n) is 14.2. The smallest absolute Gasteiger partial charge is 0.249 e. The van der Waals surface area contributed by atoms with Gasteiger partial charge in [0, 0.05) is 25.2 Å². The minimum absolute atomic E-state index is 0.0385. The number of hydrogen-bond acceptors (Lipinski definition) is 5. The van der Waals surface area contributed by atoms with Gasteiger partial charge in [0.2, 0.25) is 17.7 Å². The summed E-state index contributed by atoms with van der Waals surface area (Å²) in [6.45, 7) is 13.8. The summed E-state index contributed by atoms with van der Waals surface area (Å²) in [5.41, 5.74) is -0.903. The number of fused-ring (bicyclic) bond motifs is 2. The Kier molecular flexibility index (Phi) is 8.18. The van der Waals surface area contributed by atoms with Crippen LogP contribution in [0.3, 0.4) is 0 Å². The van der Waals surface area contributed by atoms with Crippen LogP contribution >= 0.6 is 0 Å². The van der Waals surface area contributed by atoms with Crippen LogP contribution in [0.5, 0.6) is 0 Å². The fourth-order valence-electron chi connectivity index (χ4n) is 8.07. The van der Waals surface area contributed by atoms with Crippen molar-refractivity contribution in [1.29, 1.82) is 0 Å². The van der Waals surface area contributed by atoms with E-state index in [-0.39, 0.29) is 29.7 Å². The molecule has 8 heteroatoms. The molecule has 4 aliphatic heterocycles. The maximum absolute atomic E-state index is 14.9. The molecule has 1 aromatic carbocycles. The molecule has 4 aliphatic rings. The summed E-state index contributed by atoms with van der Waals surface area (Å²) in [5, 5.41) is 10.7. The molecular weight excluding hydrogens is 530 g/mol. The van der Waals surface area contributed by atoms with E-state index in [0.29, 0.717) is 26.1 Å². The first-order chi connectivity index (χ1) is 19.8. The summed E-state index contributed by atoms with van der Waals surface area (Å²) in [6.07, 6.45) is 9.01. The molecule has 228 valence electrons. The monoisotopic (exact) mass is 577 g/mol. The average Bonchev–Trinajstić information content (AvgIpc) is 3.23. The molecular formula is C34H47N3O5. The van der Waals surface area contributed by atoms with Gasteiger partial charge in [0.25, 0.3) is 0 Å². The van der Waals surface area contributed by atoms with E-state index in [0.717, 1.165) is 18.4 Å². The number of hydrogen-bond donors (Lipinski definition) is 1. The van der Waals surface area contributed by atoms with Crippen molar-refractivity contribution in [3.05, 3.63) is 60.2 Å². The Hall–Kier alpha value is -2.97. The van der Waals surface area contributed by atoms with Crippen LogP contribution in [0.2, 0.25) is 0 Å². The van der Waals surface area contributed by atoms with Gasteiger partial charge < -0.3 is 24.5 Å². The van der Waals surface area contributed by atoms with Crippen LogP contribution in [0.15, 0.2) is 54.6 Å². The van der Waals surface area contributed by atoms with Crippen LogP contribution in [0, 0.1) is 17.3 Å². The minimum Gasteiger partial charge on any atom is -0.394 e. The van der Waals surface area contributed by atoms with Crippen LogP contribution < -0.4 is 0 Å². The van der Waals surface area contributed by atoms with Crippen molar-refractivity contribution in [2.24, 2.45) is 17.3 Å². The predicted octanol–water partition coefficient (Wildman–Crippen LogP) is 3.59. The lowest BCUT2D eigenvalue weighted by molar-refractivity contribution is -0.155. The molecule has 3 amide bonds. The lowest BCUT2D eigenvalue weighted by atomic mass is 9.77. The number of amides is 3. The third-order valence-electron chi connectivity index (χ3n) is 9.29. The van der Waals surface area contributed by atoms with Crippen LogP contribution in [0.1, 0.15) is 59.9 Å². The Morgan fingerprint density at radius 1 is 1.00 bits per heavy atom. The second-order valence-corrected chi connectivity index (χ2v) is 14.2. The zero-order chi connectivity index (χ0) is 30.4. The van der Waals surface area contributed by atoms with Crippen molar-refractivity contribution in [3.63, 3.8) is 0 Å². The number of benzene rings is 1. The van der Waals surface area contributed by atoms with Crippen molar-refractivity contribution in [3.8, 4) is 0 Å². The average molecular weight is 578 g/mol. The third-order valence-corrected chi connectivity index (χ3v) is 9.29. The van der Waals surface area contributed by atoms with E-state index in [4.69, 9.17) is 4.74 Å². The van der Waals surface area contributed by atoms with E-state index >= 15 is 0 Å². The summed E-state index contributed by atoms with van der Waals surface area (Å²) in [5.74, 6) is -2.21. The maximum Gasteiger partial charge on any atom is 0.249 e. The van der Waals surface area contributed by atoms with Crippen molar-refractivity contribution >= 4 is 17.7 Å². The zero-order valence-corrected chi connectivity index (χ0v) is 26.0.